The van der Waals surface area contributed by atoms with Gasteiger partial charge in [-0.2, -0.15) is 0 Å². The van der Waals surface area contributed by atoms with Gasteiger partial charge in [-0.1, -0.05) is 26.0 Å². The standard InChI is InChI=1S/C11H21NO2.C2H6/c1-5-6-7-8-10(14)11(9(2)13)12(3)4;1-2/h5-6,10-11,14H,7-8H2,1-4H3;1-2H3/b6-5+;. The summed E-state index contributed by atoms with van der Waals surface area (Å²) < 4.78 is 0. The number of aliphatic hydroxyl groups is 1. The molecule has 2 unspecified atom stereocenters. The smallest absolute Gasteiger partial charge is 0.149 e. The van der Waals surface area contributed by atoms with Crippen LogP contribution in [0.4, 0.5) is 0 Å². The van der Waals surface area contributed by atoms with E-state index in [0.717, 1.165) is 6.42 Å². The summed E-state index contributed by atoms with van der Waals surface area (Å²) >= 11 is 0. The Kier molecular flexibility index (Phi) is 12.0. The second kappa shape index (κ2) is 10.8. The van der Waals surface area contributed by atoms with Gasteiger partial charge in [-0.25, -0.2) is 0 Å². The maximum atomic E-state index is 11.2. The van der Waals surface area contributed by atoms with Crippen LogP contribution in [-0.4, -0.2) is 42.0 Å². The minimum atomic E-state index is -0.571. The van der Waals surface area contributed by atoms with E-state index in [1.165, 1.54) is 6.92 Å². The Labute approximate surface area is 100 Å². The largest absolute Gasteiger partial charge is 0.391 e. The number of rotatable bonds is 6. The lowest BCUT2D eigenvalue weighted by molar-refractivity contribution is -0.125. The van der Waals surface area contributed by atoms with Gasteiger partial charge in [0.2, 0.25) is 0 Å². The number of carbonyl (C=O) groups is 1. The first kappa shape index (κ1) is 17.7. The van der Waals surface area contributed by atoms with Crippen molar-refractivity contribution in [2.45, 2.75) is 52.7 Å². The van der Waals surface area contributed by atoms with Crippen molar-refractivity contribution in [2.75, 3.05) is 14.1 Å². The van der Waals surface area contributed by atoms with Crippen LogP contribution in [0.2, 0.25) is 0 Å². The third-order valence-corrected chi connectivity index (χ3v) is 2.20. The van der Waals surface area contributed by atoms with Crippen LogP contribution in [-0.2, 0) is 4.79 Å². The van der Waals surface area contributed by atoms with Crippen molar-refractivity contribution in [1.82, 2.24) is 4.90 Å². The number of allylic oxidation sites excluding steroid dienone is 2. The van der Waals surface area contributed by atoms with E-state index in [0.29, 0.717) is 6.42 Å². The number of ketones is 1. The predicted octanol–water partition coefficient (Wildman–Crippen LogP) is 2.25. The molecule has 0 aliphatic heterocycles. The number of nitrogens with zero attached hydrogens (tertiary/aromatic N) is 1. The second-order valence-electron chi connectivity index (χ2n) is 3.73. The van der Waals surface area contributed by atoms with Gasteiger partial charge >= 0.3 is 0 Å². The van der Waals surface area contributed by atoms with Crippen LogP contribution in [0.15, 0.2) is 12.2 Å². The highest BCUT2D eigenvalue weighted by Gasteiger charge is 2.24. The summed E-state index contributed by atoms with van der Waals surface area (Å²) in [5.41, 5.74) is 0. The number of likely N-dealkylation sites (N-methyl/N-ethyl adjacent to an activating group) is 1. The van der Waals surface area contributed by atoms with Crippen molar-refractivity contribution >= 4 is 5.78 Å². The third-order valence-electron chi connectivity index (χ3n) is 2.20. The van der Waals surface area contributed by atoms with E-state index in [4.69, 9.17) is 0 Å². The molecule has 0 aromatic carbocycles. The van der Waals surface area contributed by atoms with E-state index < -0.39 is 6.10 Å². The molecule has 0 aromatic rings. The molecule has 0 bridgehead atoms. The molecule has 3 heteroatoms. The lowest BCUT2D eigenvalue weighted by atomic mass is 10.0. The number of hydrogen-bond acceptors (Lipinski definition) is 3. The van der Waals surface area contributed by atoms with Gasteiger partial charge in [-0.3, -0.25) is 9.69 Å². The first-order valence-electron chi connectivity index (χ1n) is 5.96. The summed E-state index contributed by atoms with van der Waals surface area (Å²) in [4.78, 5) is 13.0. The predicted molar refractivity (Wildman–Crippen MR) is 69.6 cm³/mol. The maximum absolute atomic E-state index is 11.2. The lowest BCUT2D eigenvalue weighted by Crippen LogP contribution is -2.44. The molecule has 96 valence electrons. The molecule has 0 aliphatic carbocycles. The molecule has 3 nitrogen and oxygen atoms in total. The normalized spacial score (nSPS) is 14.5. The first-order valence-corrected chi connectivity index (χ1v) is 5.96. The highest BCUT2D eigenvalue weighted by molar-refractivity contribution is 5.82. The van der Waals surface area contributed by atoms with Crippen LogP contribution in [0.3, 0.4) is 0 Å². The molecule has 0 rings (SSSR count). The summed E-state index contributed by atoms with van der Waals surface area (Å²) in [6, 6.07) is -0.375. The minimum Gasteiger partial charge on any atom is -0.391 e. The molecule has 0 aliphatic rings. The third kappa shape index (κ3) is 7.60. The molecule has 0 saturated heterocycles. The number of aliphatic hydroxyl groups excluding tert-OH is 1. The monoisotopic (exact) mass is 229 g/mol. The van der Waals surface area contributed by atoms with Crippen molar-refractivity contribution in [3.05, 3.63) is 12.2 Å². The van der Waals surface area contributed by atoms with E-state index in [2.05, 4.69) is 0 Å². The van der Waals surface area contributed by atoms with Gasteiger partial charge in [0.15, 0.2) is 0 Å². The average molecular weight is 229 g/mol. The molecule has 2 atom stereocenters. The Morgan fingerprint density at radius 2 is 1.88 bits per heavy atom. The van der Waals surface area contributed by atoms with Gasteiger partial charge in [0, 0.05) is 0 Å². The van der Waals surface area contributed by atoms with Crippen molar-refractivity contribution in [3.8, 4) is 0 Å². The fourth-order valence-electron chi connectivity index (χ4n) is 1.57. The van der Waals surface area contributed by atoms with Crippen LogP contribution in [0.25, 0.3) is 0 Å². The summed E-state index contributed by atoms with van der Waals surface area (Å²) in [6.45, 7) is 7.46. The van der Waals surface area contributed by atoms with Crippen LogP contribution in [0.1, 0.15) is 40.5 Å². The van der Waals surface area contributed by atoms with Gasteiger partial charge in [-0.15, -0.1) is 0 Å². The lowest BCUT2D eigenvalue weighted by Gasteiger charge is -2.26. The molecule has 16 heavy (non-hydrogen) atoms. The van der Waals surface area contributed by atoms with Gasteiger partial charge in [0.1, 0.15) is 5.78 Å². The minimum absolute atomic E-state index is 0.0166. The van der Waals surface area contributed by atoms with Crippen molar-refractivity contribution in [1.29, 1.82) is 0 Å². The molecule has 0 radical (unpaired) electrons. The zero-order valence-electron chi connectivity index (χ0n) is 11.5. The van der Waals surface area contributed by atoms with Crippen molar-refractivity contribution in [2.24, 2.45) is 0 Å². The van der Waals surface area contributed by atoms with Gasteiger partial charge in [0.25, 0.3) is 0 Å². The van der Waals surface area contributed by atoms with E-state index in [9.17, 15) is 9.90 Å². The summed E-state index contributed by atoms with van der Waals surface area (Å²) in [5, 5.41) is 9.78. The van der Waals surface area contributed by atoms with E-state index in [-0.39, 0.29) is 11.8 Å². The molecule has 0 saturated carbocycles. The zero-order valence-corrected chi connectivity index (χ0v) is 11.5. The molecular weight excluding hydrogens is 202 g/mol. The quantitative estimate of drug-likeness (QED) is 0.710. The molecule has 0 fully saturated rings. The van der Waals surface area contributed by atoms with Crippen molar-refractivity contribution < 1.29 is 9.90 Å². The Morgan fingerprint density at radius 3 is 2.19 bits per heavy atom. The SMILES string of the molecule is C/C=C/CCC(O)C(C(C)=O)N(C)C.CC. The second-order valence-corrected chi connectivity index (χ2v) is 3.73. The zero-order chi connectivity index (χ0) is 13.1. The molecule has 0 amide bonds. The maximum Gasteiger partial charge on any atom is 0.149 e. The van der Waals surface area contributed by atoms with E-state index in [1.54, 1.807) is 4.90 Å². The van der Waals surface area contributed by atoms with E-state index in [1.807, 2.05) is 47.0 Å². The van der Waals surface area contributed by atoms with Gasteiger partial charge < -0.3 is 5.11 Å². The summed E-state index contributed by atoms with van der Waals surface area (Å²) in [6.07, 6.45) is 4.82. The average Bonchev–Trinajstić information content (AvgIpc) is 2.20. The Morgan fingerprint density at radius 1 is 1.38 bits per heavy atom. The molecule has 1 N–H and O–H groups in total. The summed E-state index contributed by atoms with van der Waals surface area (Å²) in [7, 11) is 3.62. The van der Waals surface area contributed by atoms with E-state index >= 15 is 0 Å². The van der Waals surface area contributed by atoms with Crippen molar-refractivity contribution in [3.63, 3.8) is 0 Å². The van der Waals surface area contributed by atoms with Gasteiger partial charge in [0.05, 0.1) is 12.1 Å². The summed E-state index contributed by atoms with van der Waals surface area (Å²) in [5.74, 6) is 0.0166. The fourth-order valence-corrected chi connectivity index (χ4v) is 1.57. The van der Waals surface area contributed by atoms with Crippen LogP contribution in [0, 0.1) is 0 Å². The molecule has 0 aromatic heterocycles. The number of hydrogen-bond donors (Lipinski definition) is 1. The highest BCUT2D eigenvalue weighted by atomic mass is 16.3. The molecule has 0 heterocycles. The first-order chi connectivity index (χ1) is 7.50. The Bertz CT molecular complexity index is 200. The fraction of sp³-hybridized carbons (Fsp3) is 0.769. The Balaban J connectivity index is 0. The van der Waals surface area contributed by atoms with Crippen LogP contribution in [0.5, 0.6) is 0 Å². The number of carbonyl (C=O) groups excluding carboxylic acids is 1. The topological polar surface area (TPSA) is 40.5 Å². The molecular formula is C13H27NO2. The van der Waals surface area contributed by atoms with Gasteiger partial charge in [-0.05, 0) is 40.8 Å². The highest BCUT2D eigenvalue weighted by Crippen LogP contribution is 2.08. The van der Waals surface area contributed by atoms with Crippen LogP contribution < -0.4 is 0 Å². The number of Topliss-reactive ketones (excluding diaryl/α,β-unsaturated/α-hetero) is 1. The Hall–Kier alpha value is -0.670. The molecule has 0 spiro atoms. The van der Waals surface area contributed by atoms with Crippen LogP contribution >= 0.6 is 0 Å².